The van der Waals surface area contributed by atoms with Gasteiger partial charge in [-0.1, -0.05) is 38.2 Å². The Balaban J connectivity index is 1.10. The van der Waals surface area contributed by atoms with Gasteiger partial charge in [0.05, 0.1) is 12.1 Å². The number of nitrogens with zero attached hydrogens (tertiary/aromatic N) is 1. The van der Waals surface area contributed by atoms with Crippen LogP contribution in [0.2, 0.25) is 0 Å². The van der Waals surface area contributed by atoms with Crippen molar-refractivity contribution in [3.8, 4) is 11.5 Å². The average molecular weight is 485 g/mol. The summed E-state index contributed by atoms with van der Waals surface area (Å²) in [5.74, 6) is 1.63. The molecule has 0 spiro atoms. The normalized spacial score (nSPS) is 23.0. The van der Waals surface area contributed by atoms with Crippen LogP contribution in [-0.2, 0) is 10.3 Å². The van der Waals surface area contributed by atoms with Crippen LogP contribution < -0.4 is 25.4 Å². The van der Waals surface area contributed by atoms with E-state index in [1.165, 1.54) is 19.3 Å². The summed E-state index contributed by atoms with van der Waals surface area (Å²) in [6, 6.07) is 6.57. The first-order valence-corrected chi connectivity index (χ1v) is 13.6. The van der Waals surface area contributed by atoms with Crippen molar-refractivity contribution < 1.29 is 19.1 Å². The molecule has 1 saturated heterocycles. The lowest BCUT2D eigenvalue weighted by Crippen LogP contribution is -2.52. The summed E-state index contributed by atoms with van der Waals surface area (Å²) >= 11 is 0. The molecule has 2 saturated carbocycles. The second kappa shape index (κ2) is 11.1. The van der Waals surface area contributed by atoms with Crippen molar-refractivity contribution in [3.63, 3.8) is 0 Å². The molecule has 1 aromatic carbocycles. The highest BCUT2D eigenvalue weighted by Gasteiger charge is 2.38. The third-order valence-corrected chi connectivity index (χ3v) is 8.16. The van der Waals surface area contributed by atoms with Gasteiger partial charge < -0.3 is 25.4 Å². The minimum Gasteiger partial charge on any atom is -0.486 e. The number of fused-ring (bicyclic) bond motifs is 1. The van der Waals surface area contributed by atoms with Crippen LogP contribution >= 0.6 is 0 Å². The van der Waals surface area contributed by atoms with E-state index in [0.29, 0.717) is 25.8 Å². The number of likely N-dealkylation sites (tertiary alicyclic amines) is 1. The number of nitrogens with one attached hydrogen (secondary N) is 3. The third kappa shape index (κ3) is 6.02. The molecule has 8 heteroatoms. The zero-order valence-corrected chi connectivity index (χ0v) is 20.8. The standard InChI is InChI=1S/C27H40N4O4/c32-25(19-31-14-10-22(11-15-31)29-26(33)28-21-6-2-1-3-7-21)30-27(12-4-5-13-27)20-8-9-23-24(18-20)35-17-16-34-23/h8-9,18,21-22H,1-7,10-17,19H2,(H,30,32)(H2,28,29,33). The van der Waals surface area contributed by atoms with Gasteiger partial charge in [0.25, 0.3) is 0 Å². The van der Waals surface area contributed by atoms with E-state index < -0.39 is 0 Å². The van der Waals surface area contributed by atoms with Gasteiger partial charge in [-0.15, -0.1) is 0 Å². The monoisotopic (exact) mass is 484 g/mol. The minimum atomic E-state index is -0.329. The van der Waals surface area contributed by atoms with Gasteiger partial charge in [-0.2, -0.15) is 0 Å². The summed E-state index contributed by atoms with van der Waals surface area (Å²) in [6.07, 6.45) is 11.7. The Kier molecular flexibility index (Phi) is 7.66. The first-order chi connectivity index (χ1) is 17.1. The van der Waals surface area contributed by atoms with Crippen LogP contribution in [0, 0.1) is 0 Å². The van der Waals surface area contributed by atoms with Crippen molar-refractivity contribution in [2.75, 3.05) is 32.8 Å². The Morgan fingerprint density at radius 2 is 1.51 bits per heavy atom. The van der Waals surface area contributed by atoms with Gasteiger partial charge in [0, 0.05) is 25.2 Å². The molecule has 5 rings (SSSR count). The van der Waals surface area contributed by atoms with Crippen molar-refractivity contribution in [1.82, 2.24) is 20.9 Å². The fourth-order valence-electron chi connectivity index (χ4n) is 6.21. The topological polar surface area (TPSA) is 91.9 Å². The molecule has 0 aromatic heterocycles. The molecule has 0 radical (unpaired) electrons. The van der Waals surface area contributed by atoms with E-state index in [9.17, 15) is 9.59 Å². The molecule has 1 aromatic rings. The van der Waals surface area contributed by atoms with Gasteiger partial charge in [-0.05, 0) is 56.2 Å². The van der Waals surface area contributed by atoms with Crippen LogP contribution in [-0.4, -0.2) is 61.8 Å². The largest absolute Gasteiger partial charge is 0.486 e. The molecule has 35 heavy (non-hydrogen) atoms. The molecule has 3 N–H and O–H groups in total. The van der Waals surface area contributed by atoms with Crippen molar-refractivity contribution in [2.45, 2.75) is 88.3 Å². The number of hydrogen-bond donors (Lipinski definition) is 3. The summed E-state index contributed by atoms with van der Waals surface area (Å²) < 4.78 is 11.5. The highest BCUT2D eigenvalue weighted by molar-refractivity contribution is 5.79. The molecule has 2 aliphatic heterocycles. The van der Waals surface area contributed by atoms with Crippen molar-refractivity contribution in [1.29, 1.82) is 0 Å². The molecule has 0 unspecified atom stereocenters. The zero-order chi connectivity index (χ0) is 24.1. The Bertz CT molecular complexity index is 887. The average Bonchev–Trinajstić information content (AvgIpc) is 3.35. The number of urea groups is 1. The van der Waals surface area contributed by atoms with E-state index in [1.807, 2.05) is 6.07 Å². The lowest BCUT2D eigenvalue weighted by molar-refractivity contribution is -0.124. The Morgan fingerprint density at radius 3 is 2.23 bits per heavy atom. The molecule has 2 aliphatic carbocycles. The molecule has 8 nitrogen and oxygen atoms in total. The van der Waals surface area contributed by atoms with Gasteiger partial charge >= 0.3 is 6.03 Å². The predicted octanol–water partition coefficient (Wildman–Crippen LogP) is 3.44. The number of rotatable bonds is 6. The smallest absolute Gasteiger partial charge is 0.315 e. The molecule has 3 fully saturated rings. The SMILES string of the molecule is O=C(CN1CCC(NC(=O)NC2CCCCC2)CC1)NC1(c2ccc3c(c2)OCCO3)CCCC1. The summed E-state index contributed by atoms with van der Waals surface area (Å²) in [6.45, 7) is 3.17. The first kappa shape index (κ1) is 24.2. The summed E-state index contributed by atoms with van der Waals surface area (Å²) in [4.78, 5) is 27.7. The van der Waals surface area contributed by atoms with E-state index in [1.54, 1.807) is 0 Å². The van der Waals surface area contributed by atoms with Gasteiger partial charge in [-0.3, -0.25) is 9.69 Å². The number of piperidine rings is 1. The third-order valence-electron chi connectivity index (χ3n) is 8.16. The molecule has 2 heterocycles. The highest BCUT2D eigenvalue weighted by atomic mass is 16.6. The van der Waals surface area contributed by atoms with Gasteiger partial charge in [0.15, 0.2) is 11.5 Å². The van der Waals surface area contributed by atoms with Gasteiger partial charge in [0.1, 0.15) is 13.2 Å². The summed E-state index contributed by atoms with van der Waals surface area (Å²) in [5, 5.41) is 9.69. The molecule has 192 valence electrons. The van der Waals surface area contributed by atoms with Crippen LogP contribution in [0.4, 0.5) is 4.79 Å². The molecule has 0 bridgehead atoms. The number of carbonyl (C=O) groups excluding carboxylic acids is 2. The van der Waals surface area contributed by atoms with Gasteiger partial charge in [-0.25, -0.2) is 4.79 Å². The maximum absolute atomic E-state index is 13.1. The summed E-state index contributed by atoms with van der Waals surface area (Å²) in [5.41, 5.74) is 0.781. The van der Waals surface area contributed by atoms with E-state index in [-0.39, 0.29) is 23.5 Å². The van der Waals surface area contributed by atoms with E-state index in [0.717, 1.165) is 81.5 Å². The van der Waals surface area contributed by atoms with Crippen molar-refractivity contribution in [3.05, 3.63) is 23.8 Å². The van der Waals surface area contributed by atoms with Gasteiger partial charge in [0.2, 0.25) is 5.91 Å². The van der Waals surface area contributed by atoms with Crippen LogP contribution in [0.25, 0.3) is 0 Å². The number of carbonyl (C=O) groups is 2. The molecular formula is C27H40N4O4. The maximum Gasteiger partial charge on any atom is 0.315 e. The van der Waals surface area contributed by atoms with Crippen LogP contribution in [0.1, 0.15) is 76.2 Å². The number of hydrogen-bond acceptors (Lipinski definition) is 5. The second-order valence-electron chi connectivity index (χ2n) is 10.7. The Hall–Kier alpha value is -2.48. The molecular weight excluding hydrogens is 444 g/mol. The maximum atomic E-state index is 13.1. The van der Waals surface area contributed by atoms with Crippen LogP contribution in [0.5, 0.6) is 11.5 Å². The lowest BCUT2D eigenvalue weighted by atomic mass is 9.87. The molecule has 0 atom stereocenters. The fraction of sp³-hybridized carbons (Fsp3) is 0.704. The van der Waals surface area contributed by atoms with Crippen LogP contribution in [0.15, 0.2) is 18.2 Å². The molecule has 4 aliphatic rings. The zero-order valence-electron chi connectivity index (χ0n) is 20.8. The van der Waals surface area contributed by atoms with E-state index in [4.69, 9.17) is 9.47 Å². The molecule has 3 amide bonds. The quantitative estimate of drug-likeness (QED) is 0.575. The second-order valence-corrected chi connectivity index (χ2v) is 10.7. The number of ether oxygens (including phenoxy) is 2. The summed E-state index contributed by atoms with van der Waals surface area (Å²) in [7, 11) is 0. The van der Waals surface area contributed by atoms with Crippen molar-refractivity contribution in [2.24, 2.45) is 0 Å². The fourth-order valence-corrected chi connectivity index (χ4v) is 6.21. The predicted molar refractivity (Wildman–Crippen MR) is 134 cm³/mol. The highest BCUT2D eigenvalue weighted by Crippen LogP contribution is 2.42. The lowest BCUT2D eigenvalue weighted by Gasteiger charge is -2.35. The van der Waals surface area contributed by atoms with E-state index in [2.05, 4.69) is 33.0 Å². The Morgan fingerprint density at radius 1 is 0.857 bits per heavy atom. The minimum absolute atomic E-state index is 0.0318. The number of amides is 3. The van der Waals surface area contributed by atoms with E-state index >= 15 is 0 Å². The van der Waals surface area contributed by atoms with Crippen molar-refractivity contribution >= 4 is 11.9 Å². The van der Waals surface area contributed by atoms with Crippen LogP contribution in [0.3, 0.4) is 0 Å². The number of benzene rings is 1. The Labute approximate surface area is 208 Å². The first-order valence-electron chi connectivity index (χ1n) is 13.6.